The average Bonchev–Trinajstić information content (AvgIpc) is 3.55. The Balaban J connectivity index is 1.34. The van der Waals surface area contributed by atoms with Gasteiger partial charge in [-0.15, -0.1) is 11.3 Å². The number of rotatable bonds is 7. The van der Waals surface area contributed by atoms with E-state index in [-0.39, 0.29) is 6.03 Å². The number of benzene rings is 2. The number of thiazole rings is 1. The summed E-state index contributed by atoms with van der Waals surface area (Å²) in [6.07, 6.45) is 4.40. The molecule has 0 atom stereocenters. The van der Waals surface area contributed by atoms with E-state index in [1.807, 2.05) is 61.5 Å². The maximum Gasteiger partial charge on any atom is 0.322 e. The summed E-state index contributed by atoms with van der Waals surface area (Å²) in [7, 11) is 0. The van der Waals surface area contributed by atoms with E-state index in [1.165, 1.54) is 0 Å². The minimum absolute atomic E-state index is 0.154. The zero-order chi connectivity index (χ0) is 22.6. The fraction of sp³-hybridized carbons (Fsp3) is 0.154. The molecule has 6 nitrogen and oxygen atoms in total. The third kappa shape index (κ3) is 4.83. The van der Waals surface area contributed by atoms with Crippen LogP contribution in [0.15, 0.2) is 89.0 Å². The number of amides is 2. The van der Waals surface area contributed by atoms with E-state index in [4.69, 9.17) is 9.40 Å². The van der Waals surface area contributed by atoms with Crippen LogP contribution in [0.3, 0.4) is 0 Å². The topological polar surface area (TPSA) is 62.8 Å². The molecule has 0 aliphatic heterocycles. The van der Waals surface area contributed by atoms with Crippen LogP contribution in [0.2, 0.25) is 0 Å². The lowest BCUT2D eigenvalue weighted by atomic mass is 10.2. The number of imidazole rings is 1. The largest absolute Gasteiger partial charge is 0.467 e. The van der Waals surface area contributed by atoms with Crippen molar-refractivity contribution in [2.75, 3.05) is 11.9 Å². The van der Waals surface area contributed by atoms with Crippen molar-refractivity contribution in [2.45, 2.75) is 19.9 Å². The van der Waals surface area contributed by atoms with Crippen molar-refractivity contribution in [3.63, 3.8) is 0 Å². The van der Waals surface area contributed by atoms with Gasteiger partial charge in [-0.2, -0.15) is 0 Å². The standard InChI is InChI=1S/C26H24N4O2S/c1-19-7-5-10-21(15-19)27-25(31)29(16-23-11-6-14-32-23)13-12-22-18-33-26-28-24(17-30(22)26)20-8-3-2-4-9-20/h2-11,14-15,17-18H,12-13,16H2,1H3,(H,27,31). The summed E-state index contributed by atoms with van der Waals surface area (Å²) in [5.74, 6) is 0.749. The molecule has 3 aromatic heterocycles. The first kappa shape index (κ1) is 21.0. The molecular formula is C26H24N4O2S. The number of fused-ring (bicyclic) bond motifs is 1. The van der Waals surface area contributed by atoms with Gasteiger partial charge >= 0.3 is 6.03 Å². The highest BCUT2D eigenvalue weighted by Gasteiger charge is 2.17. The maximum absolute atomic E-state index is 13.1. The summed E-state index contributed by atoms with van der Waals surface area (Å²) < 4.78 is 7.63. The zero-order valence-electron chi connectivity index (χ0n) is 18.3. The molecule has 2 amide bonds. The van der Waals surface area contributed by atoms with Gasteiger partial charge in [-0.05, 0) is 36.8 Å². The van der Waals surface area contributed by atoms with Crippen molar-refractivity contribution < 1.29 is 9.21 Å². The molecule has 0 bridgehead atoms. The normalized spacial score (nSPS) is 11.1. The first-order chi connectivity index (χ1) is 16.2. The van der Waals surface area contributed by atoms with E-state index < -0.39 is 0 Å². The number of urea groups is 1. The molecular weight excluding hydrogens is 432 g/mol. The Labute approximate surface area is 196 Å². The summed E-state index contributed by atoms with van der Waals surface area (Å²) in [5.41, 5.74) is 5.05. The molecule has 166 valence electrons. The molecule has 0 fully saturated rings. The number of hydrogen-bond acceptors (Lipinski definition) is 4. The van der Waals surface area contributed by atoms with Gasteiger partial charge in [-0.3, -0.25) is 4.40 Å². The van der Waals surface area contributed by atoms with E-state index in [0.717, 1.165) is 38.9 Å². The van der Waals surface area contributed by atoms with Crippen molar-refractivity contribution in [2.24, 2.45) is 0 Å². The first-order valence-corrected chi connectivity index (χ1v) is 11.7. The predicted molar refractivity (Wildman–Crippen MR) is 132 cm³/mol. The van der Waals surface area contributed by atoms with Crippen LogP contribution in [-0.2, 0) is 13.0 Å². The summed E-state index contributed by atoms with van der Waals surface area (Å²) >= 11 is 1.61. The van der Waals surface area contributed by atoms with Gasteiger partial charge in [0.1, 0.15) is 5.76 Å². The lowest BCUT2D eigenvalue weighted by molar-refractivity contribution is 0.204. The minimum Gasteiger partial charge on any atom is -0.467 e. The number of anilines is 1. The number of carbonyl (C=O) groups excluding carboxylic acids is 1. The third-order valence-corrected chi connectivity index (χ3v) is 6.36. The molecule has 0 aliphatic rings. The van der Waals surface area contributed by atoms with Crippen molar-refractivity contribution in [1.82, 2.24) is 14.3 Å². The number of nitrogens with zero attached hydrogens (tertiary/aromatic N) is 3. The Hall–Kier alpha value is -3.84. The van der Waals surface area contributed by atoms with Crippen molar-refractivity contribution >= 4 is 28.0 Å². The molecule has 0 unspecified atom stereocenters. The van der Waals surface area contributed by atoms with Crippen molar-refractivity contribution in [3.05, 3.63) is 102 Å². The second-order valence-electron chi connectivity index (χ2n) is 7.92. The Kier molecular flexibility index (Phi) is 5.95. The molecule has 7 heteroatoms. The fourth-order valence-electron chi connectivity index (χ4n) is 3.77. The van der Waals surface area contributed by atoms with E-state index >= 15 is 0 Å². The van der Waals surface area contributed by atoms with E-state index in [0.29, 0.717) is 19.5 Å². The van der Waals surface area contributed by atoms with Crippen LogP contribution in [0.1, 0.15) is 17.0 Å². The van der Waals surface area contributed by atoms with E-state index in [2.05, 4.69) is 33.4 Å². The number of furan rings is 1. The van der Waals surface area contributed by atoms with Crippen LogP contribution in [0.4, 0.5) is 10.5 Å². The van der Waals surface area contributed by atoms with Gasteiger partial charge in [-0.25, -0.2) is 9.78 Å². The van der Waals surface area contributed by atoms with Gasteiger partial charge in [0.2, 0.25) is 0 Å². The van der Waals surface area contributed by atoms with Gasteiger partial charge in [0.15, 0.2) is 4.96 Å². The predicted octanol–water partition coefficient (Wildman–Crippen LogP) is 6.24. The monoisotopic (exact) mass is 456 g/mol. The van der Waals surface area contributed by atoms with Gasteiger partial charge in [0.05, 0.1) is 18.5 Å². The highest BCUT2D eigenvalue weighted by atomic mass is 32.1. The van der Waals surface area contributed by atoms with Crippen molar-refractivity contribution in [3.8, 4) is 11.3 Å². The smallest absolute Gasteiger partial charge is 0.322 e. The SMILES string of the molecule is Cc1cccc(NC(=O)N(CCc2csc3nc(-c4ccccc4)cn23)Cc2ccco2)c1. The summed E-state index contributed by atoms with van der Waals surface area (Å²) in [6.45, 7) is 2.95. The number of nitrogens with one attached hydrogen (secondary N) is 1. The molecule has 2 aromatic carbocycles. The first-order valence-electron chi connectivity index (χ1n) is 10.8. The van der Waals surface area contributed by atoms with Crippen LogP contribution in [0.25, 0.3) is 16.2 Å². The van der Waals surface area contributed by atoms with Gasteiger partial charge < -0.3 is 14.6 Å². The Morgan fingerprint density at radius 3 is 2.79 bits per heavy atom. The van der Waals surface area contributed by atoms with Gasteiger partial charge in [0.25, 0.3) is 0 Å². The van der Waals surface area contributed by atoms with E-state index in [9.17, 15) is 4.79 Å². The zero-order valence-corrected chi connectivity index (χ0v) is 19.1. The maximum atomic E-state index is 13.1. The van der Waals surface area contributed by atoms with Crippen molar-refractivity contribution in [1.29, 1.82) is 0 Å². The molecule has 1 N–H and O–H groups in total. The molecule has 0 spiro atoms. The molecule has 0 radical (unpaired) electrons. The Bertz CT molecular complexity index is 1360. The highest BCUT2D eigenvalue weighted by Crippen LogP contribution is 2.24. The van der Waals surface area contributed by atoms with Crippen LogP contribution in [-0.4, -0.2) is 26.9 Å². The summed E-state index contributed by atoms with van der Waals surface area (Å²) in [5, 5.41) is 5.13. The number of aromatic nitrogens is 2. The fourth-order valence-corrected chi connectivity index (χ4v) is 4.68. The minimum atomic E-state index is -0.154. The lowest BCUT2D eigenvalue weighted by Crippen LogP contribution is -2.36. The van der Waals surface area contributed by atoms with E-state index in [1.54, 1.807) is 22.5 Å². The highest BCUT2D eigenvalue weighted by molar-refractivity contribution is 7.15. The van der Waals surface area contributed by atoms with Crippen LogP contribution in [0, 0.1) is 6.92 Å². The summed E-state index contributed by atoms with van der Waals surface area (Å²) in [4.78, 5) is 20.6. The molecule has 0 saturated carbocycles. The quantitative estimate of drug-likeness (QED) is 0.315. The number of hydrogen-bond donors (Lipinski definition) is 1. The summed E-state index contributed by atoms with van der Waals surface area (Å²) in [6, 6.07) is 21.5. The molecule has 0 aliphatic carbocycles. The third-order valence-electron chi connectivity index (χ3n) is 5.47. The van der Waals surface area contributed by atoms with Gasteiger partial charge in [0, 0.05) is 41.5 Å². The number of aryl methyl sites for hydroxylation is 1. The molecule has 33 heavy (non-hydrogen) atoms. The number of carbonyl (C=O) groups is 1. The second-order valence-corrected chi connectivity index (χ2v) is 8.76. The van der Waals surface area contributed by atoms with Crippen LogP contribution >= 0.6 is 11.3 Å². The van der Waals surface area contributed by atoms with Crippen LogP contribution < -0.4 is 5.32 Å². The molecule has 0 saturated heterocycles. The molecule has 3 heterocycles. The van der Waals surface area contributed by atoms with Crippen LogP contribution in [0.5, 0.6) is 0 Å². The lowest BCUT2D eigenvalue weighted by Gasteiger charge is -2.22. The Morgan fingerprint density at radius 1 is 1.12 bits per heavy atom. The second kappa shape index (κ2) is 9.34. The molecule has 5 rings (SSSR count). The molecule has 5 aromatic rings. The van der Waals surface area contributed by atoms with Gasteiger partial charge in [-0.1, -0.05) is 42.5 Å². The average molecular weight is 457 g/mol. The Morgan fingerprint density at radius 2 is 2.00 bits per heavy atom.